The van der Waals surface area contributed by atoms with E-state index in [1.165, 1.54) is 6.42 Å². The van der Waals surface area contributed by atoms with Gasteiger partial charge in [0.25, 0.3) is 0 Å². The standard InChI is InChI=1S/C12H17N3S/c1-8-6-9(8)7-15(2)11-5-3-4-10(14-11)12(13)16/h3-5,8-9H,6-7H2,1-2H3,(H2,13,16). The Morgan fingerprint density at radius 3 is 2.88 bits per heavy atom. The molecule has 2 N–H and O–H groups in total. The number of nitrogens with zero attached hydrogens (tertiary/aromatic N) is 2. The number of thiocarbonyl (C=S) groups is 1. The van der Waals surface area contributed by atoms with Gasteiger partial charge in [0, 0.05) is 13.6 Å². The molecule has 1 aromatic heterocycles. The van der Waals surface area contributed by atoms with Crippen LogP contribution in [0.25, 0.3) is 0 Å². The number of aromatic nitrogens is 1. The van der Waals surface area contributed by atoms with E-state index in [1.807, 2.05) is 18.2 Å². The van der Waals surface area contributed by atoms with Gasteiger partial charge in [-0.05, 0) is 30.4 Å². The smallest absolute Gasteiger partial charge is 0.129 e. The van der Waals surface area contributed by atoms with E-state index < -0.39 is 0 Å². The predicted molar refractivity (Wildman–Crippen MR) is 70.7 cm³/mol. The summed E-state index contributed by atoms with van der Waals surface area (Å²) >= 11 is 4.92. The average molecular weight is 235 g/mol. The Morgan fingerprint density at radius 1 is 1.62 bits per heavy atom. The summed E-state index contributed by atoms with van der Waals surface area (Å²) < 4.78 is 0. The molecule has 2 rings (SSSR count). The Balaban J connectivity index is 2.07. The van der Waals surface area contributed by atoms with Crippen molar-refractivity contribution in [2.24, 2.45) is 17.6 Å². The second-order valence-electron chi connectivity index (χ2n) is 4.60. The summed E-state index contributed by atoms with van der Waals surface area (Å²) in [6.07, 6.45) is 1.33. The molecule has 16 heavy (non-hydrogen) atoms. The van der Waals surface area contributed by atoms with Crippen molar-refractivity contribution in [3.05, 3.63) is 23.9 Å². The Hall–Kier alpha value is -1.16. The van der Waals surface area contributed by atoms with Crippen molar-refractivity contribution in [1.29, 1.82) is 0 Å². The van der Waals surface area contributed by atoms with Crippen LogP contribution < -0.4 is 10.6 Å². The molecule has 0 bridgehead atoms. The third-order valence-electron chi connectivity index (χ3n) is 3.16. The molecule has 0 radical (unpaired) electrons. The number of pyridine rings is 1. The summed E-state index contributed by atoms with van der Waals surface area (Å²) in [5, 5.41) is 0. The first-order valence-electron chi connectivity index (χ1n) is 5.56. The predicted octanol–water partition coefficient (Wildman–Crippen LogP) is 1.81. The summed E-state index contributed by atoms with van der Waals surface area (Å²) in [5.74, 6) is 2.63. The second-order valence-corrected chi connectivity index (χ2v) is 5.04. The first-order chi connectivity index (χ1) is 7.58. The number of anilines is 1. The molecule has 1 saturated carbocycles. The molecule has 0 aliphatic heterocycles. The molecule has 1 aromatic rings. The first kappa shape index (κ1) is 11.3. The highest BCUT2D eigenvalue weighted by Gasteiger charge is 2.33. The Bertz CT molecular complexity index is 405. The van der Waals surface area contributed by atoms with Crippen molar-refractivity contribution in [3.8, 4) is 0 Å². The molecule has 1 aliphatic carbocycles. The third-order valence-corrected chi connectivity index (χ3v) is 3.37. The maximum atomic E-state index is 5.57. The summed E-state index contributed by atoms with van der Waals surface area (Å²) in [5.41, 5.74) is 6.27. The molecular formula is C12H17N3S. The summed E-state index contributed by atoms with van der Waals surface area (Å²) in [6, 6.07) is 5.79. The van der Waals surface area contributed by atoms with Crippen LogP contribution in [-0.4, -0.2) is 23.6 Å². The zero-order chi connectivity index (χ0) is 11.7. The van der Waals surface area contributed by atoms with Crippen LogP contribution >= 0.6 is 12.2 Å². The highest BCUT2D eigenvalue weighted by Crippen LogP contribution is 2.38. The topological polar surface area (TPSA) is 42.1 Å². The van der Waals surface area contributed by atoms with E-state index in [2.05, 4.69) is 23.9 Å². The van der Waals surface area contributed by atoms with Crippen molar-refractivity contribution < 1.29 is 0 Å². The molecule has 0 spiro atoms. The van der Waals surface area contributed by atoms with Crippen LogP contribution in [-0.2, 0) is 0 Å². The van der Waals surface area contributed by atoms with Gasteiger partial charge in [-0.2, -0.15) is 0 Å². The Kier molecular flexibility index (Phi) is 3.10. The van der Waals surface area contributed by atoms with Crippen LogP contribution in [0.2, 0.25) is 0 Å². The van der Waals surface area contributed by atoms with Crippen LogP contribution in [0.15, 0.2) is 18.2 Å². The van der Waals surface area contributed by atoms with Gasteiger partial charge in [-0.3, -0.25) is 0 Å². The van der Waals surface area contributed by atoms with Gasteiger partial charge in [-0.25, -0.2) is 4.98 Å². The molecular weight excluding hydrogens is 218 g/mol. The second kappa shape index (κ2) is 4.37. The van der Waals surface area contributed by atoms with E-state index in [0.29, 0.717) is 10.7 Å². The van der Waals surface area contributed by atoms with Crippen molar-refractivity contribution in [2.45, 2.75) is 13.3 Å². The molecule has 1 aliphatic rings. The van der Waals surface area contributed by atoms with Gasteiger partial charge in [-0.15, -0.1) is 0 Å². The molecule has 2 unspecified atom stereocenters. The highest BCUT2D eigenvalue weighted by atomic mass is 32.1. The van der Waals surface area contributed by atoms with Crippen molar-refractivity contribution in [2.75, 3.05) is 18.5 Å². The molecule has 4 heteroatoms. The van der Waals surface area contributed by atoms with Gasteiger partial charge in [0.2, 0.25) is 0 Å². The van der Waals surface area contributed by atoms with Crippen molar-refractivity contribution >= 4 is 23.0 Å². The molecule has 0 amide bonds. The van der Waals surface area contributed by atoms with Gasteiger partial charge in [0.15, 0.2) is 0 Å². The molecule has 2 atom stereocenters. The van der Waals surface area contributed by atoms with Crippen LogP contribution in [0.4, 0.5) is 5.82 Å². The highest BCUT2D eigenvalue weighted by molar-refractivity contribution is 7.80. The van der Waals surface area contributed by atoms with Gasteiger partial charge >= 0.3 is 0 Å². The Labute approximate surface area is 102 Å². The average Bonchev–Trinajstić information content (AvgIpc) is 2.94. The zero-order valence-corrected chi connectivity index (χ0v) is 10.5. The van der Waals surface area contributed by atoms with E-state index >= 15 is 0 Å². The SMILES string of the molecule is CC1CC1CN(C)c1cccc(C(N)=S)n1. The van der Waals surface area contributed by atoms with Gasteiger partial charge in [-0.1, -0.05) is 25.2 Å². The van der Waals surface area contributed by atoms with Crippen LogP contribution in [0, 0.1) is 11.8 Å². The van der Waals surface area contributed by atoms with E-state index in [1.54, 1.807) is 0 Å². The van der Waals surface area contributed by atoms with Gasteiger partial charge in [0.1, 0.15) is 10.8 Å². The number of nitrogens with two attached hydrogens (primary N) is 1. The number of hydrogen-bond acceptors (Lipinski definition) is 3. The quantitative estimate of drug-likeness (QED) is 0.808. The van der Waals surface area contributed by atoms with E-state index in [9.17, 15) is 0 Å². The largest absolute Gasteiger partial charge is 0.388 e. The maximum Gasteiger partial charge on any atom is 0.129 e. The molecule has 86 valence electrons. The van der Waals surface area contributed by atoms with E-state index in [4.69, 9.17) is 18.0 Å². The van der Waals surface area contributed by atoms with Crippen LogP contribution in [0.5, 0.6) is 0 Å². The summed E-state index contributed by atoms with van der Waals surface area (Å²) in [4.78, 5) is 6.97. The van der Waals surface area contributed by atoms with E-state index in [-0.39, 0.29) is 0 Å². The maximum absolute atomic E-state index is 5.57. The first-order valence-corrected chi connectivity index (χ1v) is 5.96. The summed E-state index contributed by atoms with van der Waals surface area (Å²) in [6.45, 7) is 3.35. The fourth-order valence-electron chi connectivity index (χ4n) is 1.87. The monoisotopic (exact) mass is 235 g/mol. The Morgan fingerprint density at radius 2 is 2.31 bits per heavy atom. The molecule has 0 aromatic carbocycles. The fraction of sp³-hybridized carbons (Fsp3) is 0.500. The minimum Gasteiger partial charge on any atom is -0.388 e. The number of rotatable bonds is 4. The molecule has 1 fully saturated rings. The lowest BCUT2D eigenvalue weighted by Gasteiger charge is -2.18. The van der Waals surface area contributed by atoms with Crippen LogP contribution in [0.1, 0.15) is 19.0 Å². The van der Waals surface area contributed by atoms with Gasteiger partial charge in [0.05, 0.1) is 5.69 Å². The summed E-state index contributed by atoms with van der Waals surface area (Å²) in [7, 11) is 2.07. The normalized spacial score (nSPS) is 22.9. The lowest BCUT2D eigenvalue weighted by atomic mass is 10.3. The number of hydrogen-bond donors (Lipinski definition) is 1. The van der Waals surface area contributed by atoms with Crippen molar-refractivity contribution in [3.63, 3.8) is 0 Å². The third kappa shape index (κ3) is 2.50. The molecule has 0 saturated heterocycles. The van der Waals surface area contributed by atoms with Gasteiger partial charge < -0.3 is 10.6 Å². The zero-order valence-electron chi connectivity index (χ0n) is 9.68. The minimum absolute atomic E-state index is 0.357. The van der Waals surface area contributed by atoms with Crippen LogP contribution in [0.3, 0.4) is 0 Å². The molecule has 3 nitrogen and oxygen atoms in total. The van der Waals surface area contributed by atoms with Crippen molar-refractivity contribution in [1.82, 2.24) is 4.98 Å². The fourth-order valence-corrected chi connectivity index (χ4v) is 1.99. The minimum atomic E-state index is 0.357. The lowest BCUT2D eigenvalue weighted by Crippen LogP contribution is -2.23. The molecule has 1 heterocycles. The lowest BCUT2D eigenvalue weighted by molar-refractivity contribution is 0.719. The van der Waals surface area contributed by atoms with E-state index in [0.717, 1.165) is 24.2 Å².